The SMILES string of the molecule is CC(C)c1nnc2sc(C(N)c3cnn(C)c3)nn12. The molecule has 0 aliphatic rings. The molecule has 0 radical (unpaired) electrons. The number of nitrogens with zero attached hydrogens (tertiary/aromatic N) is 6. The molecule has 0 saturated carbocycles. The molecule has 0 aliphatic carbocycles. The maximum Gasteiger partial charge on any atom is 0.234 e. The van der Waals surface area contributed by atoms with Crippen LogP contribution in [0, 0.1) is 0 Å². The highest BCUT2D eigenvalue weighted by Gasteiger charge is 2.19. The van der Waals surface area contributed by atoms with Gasteiger partial charge in [-0.25, -0.2) is 0 Å². The lowest BCUT2D eigenvalue weighted by atomic mass is 10.2. The van der Waals surface area contributed by atoms with Crippen LogP contribution in [-0.4, -0.2) is 29.6 Å². The molecule has 8 heteroatoms. The summed E-state index contributed by atoms with van der Waals surface area (Å²) in [4.78, 5) is 0.776. The number of aryl methyl sites for hydroxylation is 1. The Morgan fingerprint density at radius 3 is 2.74 bits per heavy atom. The van der Waals surface area contributed by atoms with Crippen LogP contribution in [-0.2, 0) is 7.05 Å². The summed E-state index contributed by atoms with van der Waals surface area (Å²) >= 11 is 1.46. The van der Waals surface area contributed by atoms with E-state index in [1.165, 1.54) is 11.3 Å². The summed E-state index contributed by atoms with van der Waals surface area (Å²) in [6.07, 6.45) is 3.66. The first kappa shape index (κ1) is 12.2. The van der Waals surface area contributed by atoms with Crippen molar-refractivity contribution in [3.63, 3.8) is 0 Å². The Kier molecular flexibility index (Phi) is 2.83. The van der Waals surface area contributed by atoms with Gasteiger partial charge in [-0.1, -0.05) is 25.2 Å². The largest absolute Gasteiger partial charge is 0.318 e. The highest BCUT2D eigenvalue weighted by Crippen LogP contribution is 2.25. The number of nitrogens with two attached hydrogens (primary N) is 1. The fraction of sp³-hybridized carbons (Fsp3) is 0.455. The molecule has 0 saturated heterocycles. The van der Waals surface area contributed by atoms with Crippen LogP contribution in [0.2, 0.25) is 0 Å². The van der Waals surface area contributed by atoms with E-state index in [-0.39, 0.29) is 12.0 Å². The first-order valence-electron chi connectivity index (χ1n) is 6.02. The van der Waals surface area contributed by atoms with Crippen LogP contribution in [0.15, 0.2) is 12.4 Å². The Balaban J connectivity index is 2.01. The van der Waals surface area contributed by atoms with Crippen molar-refractivity contribution < 1.29 is 0 Å². The third-order valence-electron chi connectivity index (χ3n) is 2.90. The summed E-state index contributed by atoms with van der Waals surface area (Å²) in [5.41, 5.74) is 7.16. The quantitative estimate of drug-likeness (QED) is 0.774. The second-order valence-corrected chi connectivity index (χ2v) is 5.76. The fourth-order valence-corrected chi connectivity index (χ4v) is 2.75. The molecule has 1 atom stereocenters. The summed E-state index contributed by atoms with van der Waals surface area (Å²) in [6.45, 7) is 4.13. The average molecular weight is 277 g/mol. The molecule has 0 bridgehead atoms. The molecule has 19 heavy (non-hydrogen) atoms. The predicted octanol–water partition coefficient (Wildman–Crippen LogP) is 1.09. The van der Waals surface area contributed by atoms with Crippen molar-refractivity contribution in [2.24, 2.45) is 12.8 Å². The van der Waals surface area contributed by atoms with E-state index in [1.54, 1.807) is 15.4 Å². The molecule has 100 valence electrons. The van der Waals surface area contributed by atoms with Crippen molar-refractivity contribution in [2.45, 2.75) is 25.8 Å². The van der Waals surface area contributed by atoms with Crippen LogP contribution in [0.1, 0.15) is 42.2 Å². The maximum atomic E-state index is 6.21. The molecule has 1 unspecified atom stereocenters. The third kappa shape index (κ3) is 2.02. The van der Waals surface area contributed by atoms with Crippen LogP contribution in [0.5, 0.6) is 0 Å². The molecule has 0 fully saturated rings. The first-order valence-corrected chi connectivity index (χ1v) is 6.84. The van der Waals surface area contributed by atoms with Gasteiger partial charge in [-0.2, -0.15) is 14.7 Å². The van der Waals surface area contributed by atoms with Crippen LogP contribution >= 0.6 is 11.3 Å². The molecule has 3 heterocycles. The molecule has 7 nitrogen and oxygen atoms in total. The molecule has 3 aromatic heterocycles. The zero-order chi connectivity index (χ0) is 13.6. The van der Waals surface area contributed by atoms with E-state index in [4.69, 9.17) is 5.73 Å². The monoisotopic (exact) mass is 277 g/mol. The van der Waals surface area contributed by atoms with Gasteiger partial charge in [0, 0.05) is 24.7 Å². The summed E-state index contributed by atoms with van der Waals surface area (Å²) in [5, 5.41) is 17.7. The van der Waals surface area contributed by atoms with E-state index >= 15 is 0 Å². The highest BCUT2D eigenvalue weighted by atomic mass is 32.1. The number of fused-ring (bicyclic) bond motifs is 1. The van der Waals surface area contributed by atoms with Gasteiger partial charge >= 0.3 is 0 Å². The zero-order valence-corrected chi connectivity index (χ0v) is 11.8. The van der Waals surface area contributed by atoms with Crippen molar-refractivity contribution in [3.8, 4) is 0 Å². The normalized spacial score (nSPS) is 13.5. The Morgan fingerprint density at radius 1 is 1.32 bits per heavy atom. The van der Waals surface area contributed by atoms with Crippen LogP contribution in [0.4, 0.5) is 0 Å². The van der Waals surface area contributed by atoms with E-state index < -0.39 is 0 Å². The highest BCUT2D eigenvalue weighted by molar-refractivity contribution is 7.16. The Hall–Kier alpha value is -1.80. The van der Waals surface area contributed by atoms with Crippen molar-refractivity contribution in [1.29, 1.82) is 0 Å². The number of rotatable bonds is 3. The van der Waals surface area contributed by atoms with Gasteiger partial charge in [0.25, 0.3) is 0 Å². The van der Waals surface area contributed by atoms with Crippen molar-refractivity contribution in [2.75, 3.05) is 0 Å². The molecule has 0 aliphatic heterocycles. The van der Waals surface area contributed by atoms with Crippen LogP contribution in [0.25, 0.3) is 4.96 Å². The lowest BCUT2D eigenvalue weighted by molar-refractivity contribution is 0.707. The molecule has 0 spiro atoms. The van der Waals surface area contributed by atoms with Gasteiger partial charge in [-0.15, -0.1) is 10.2 Å². The topological polar surface area (TPSA) is 86.9 Å². The number of aromatic nitrogens is 6. The van der Waals surface area contributed by atoms with Gasteiger partial charge in [0.15, 0.2) is 5.82 Å². The minimum Gasteiger partial charge on any atom is -0.318 e. The number of hydrogen-bond acceptors (Lipinski definition) is 6. The van der Waals surface area contributed by atoms with Gasteiger partial charge < -0.3 is 5.73 Å². The van der Waals surface area contributed by atoms with Crippen molar-refractivity contribution in [1.82, 2.24) is 29.6 Å². The van der Waals surface area contributed by atoms with E-state index in [2.05, 4.69) is 34.2 Å². The lowest BCUT2D eigenvalue weighted by Crippen LogP contribution is -2.11. The predicted molar refractivity (Wildman–Crippen MR) is 72.0 cm³/mol. The van der Waals surface area contributed by atoms with Gasteiger partial charge in [0.2, 0.25) is 4.96 Å². The maximum absolute atomic E-state index is 6.21. The zero-order valence-electron chi connectivity index (χ0n) is 11.0. The molecule has 3 rings (SSSR count). The Labute approximate surface area is 114 Å². The second-order valence-electron chi connectivity index (χ2n) is 4.77. The molecule has 0 aromatic carbocycles. The summed E-state index contributed by atoms with van der Waals surface area (Å²) in [5.74, 6) is 1.13. The van der Waals surface area contributed by atoms with E-state index in [1.807, 2.05) is 13.2 Å². The van der Waals surface area contributed by atoms with Crippen molar-refractivity contribution in [3.05, 3.63) is 28.8 Å². The molecule has 0 amide bonds. The van der Waals surface area contributed by atoms with Gasteiger partial charge in [-0.3, -0.25) is 4.68 Å². The standard InChI is InChI=1S/C11H15N7S/c1-6(2)9-14-15-11-18(9)16-10(19-11)8(12)7-4-13-17(3)5-7/h4-6,8H,12H2,1-3H3. The minimum absolute atomic E-state index is 0.277. The van der Waals surface area contributed by atoms with E-state index in [0.29, 0.717) is 0 Å². The molecular weight excluding hydrogens is 262 g/mol. The lowest BCUT2D eigenvalue weighted by Gasteiger charge is -2.04. The molecule has 2 N–H and O–H groups in total. The minimum atomic E-state index is -0.277. The smallest absolute Gasteiger partial charge is 0.234 e. The van der Waals surface area contributed by atoms with Crippen LogP contribution < -0.4 is 5.73 Å². The van der Waals surface area contributed by atoms with Crippen molar-refractivity contribution >= 4 is 16.3 Å². The summed E-state index contributed by atoms with van der Waals surface area (Å²) in [7, 11) is 1.87. The molecular formula is C11H15N7S. The average Bonchev–Trinajstić information content (AvgIpc) is 3.00. The van der Waals surface area contributed by atoms with Gasteiger partial charge in [-0.05, 0) is 0 Å². The van der Waals surface area contributed by atoms with Gasteiger partial charge in [0.05, 0.1) is 12.2 Å². The Morgan fingerprint density at radius 2 is 2.11 bits per heavy atom. The summed E-state index contributed by atoms with van der Waals surface area (Å²) < 4.78 is 3.51. The van der Waals surface area contributed by atoms with Gasteiger partial charge in [0.1, 0.15) is 5.01 Å². The summed E-state index contributed by atoms with van der Waals surface area (Å²) in [6, 6.07) is -0.277. The van der Waals surface area contributed by atoms with E-state index in [0.717, 1.165) is 21.4 Å². The first-order chi connectivity index (χ1) is 9.06. The molecule has 3 aromatic rings. The van der Waals surface area contributed by atoms with E-state index in [9.17, 15) is 0 Å². The fourth-order valence-electron chi connectivity index (χ4n) is 1.88. The van der Waals surface area contributed by atoms with Crippen LogP contribution in [0.3, 0.4) is 0 Å². The Bertz CT molecular complexity index is 708. The second kappa shape index (κ2) is 4.39. The number of hydrogen-bond donors (Lipinski definition) is 1. The third-order valence-corrected chi connectivity index (χ3v) is 3.88.